The number of nitrogens with one attached hydrogen (secondary N) is 1. The van der Waals surface area contributed by atoms with Gasteiger partial charge in [-0.1, -0.05) is 44.7 Å². The molecule has 5 nitrogen and oxygen atoms in total. The standard InChI is InChI=1S/C24H31NO4/c1-4-5-6-7-8-13-29-24(27)23-16(2)22-20(25-23)14-18(15-21(22)26)17-9-11-19(28-3)12-10-17/h9-12,18,25H,4-8,13-15H2,1-3H3/t18-/m1/s1. The summed E-state index contributed by atoms with van der Waals surface area (Å²) in [6.45, 7) is 4.43. The number of hydrogen-bond donors (Lipinski definition) is 1. The van der Waals surface area contributed by atoms with Crippen molar-refractivity contribution in [2.24, 2.45) is 0 Å². The van der Waals surface area contributed by atoms with Gasteiger partial charge in [-0.25, -0.2) is 4.79 Å². The van der Waals surface area contributed by atoms with Crippen molar-refractivity contribution in [3.8, 4) is 5.75 Å². The number of carbonyl (C=O) groups is 2. The third kappa shape index (κ3) is 4.89. The summed E-state index contributed by atoms with van der Waals surface area (Å²) in [4.78, 5) is 28.5. The number of benzene rings is 1. The van der Waals surface area contributed by atoms with Gasteiger partial charge in [-0.3, -0.25) is 4.79 Å². The summed E-state index contributed by atoms with van der Waals surface area (Å²) >= 11 is 0. The summed E-state index contributed by atoms with van der Waals surface area (Å²) in [6.07, 6.45) is 6.69. The van der Waals surface area contributed by atoms with Crippen LogP contribution >= 0.6 is 0 Å². The van der Waals surface area contributed by atoms with Crippen molar-refractivity contribution in [3.05, 3.63) is 52.3 Å². The summed E-state index contributed by atoms with van der Waals surface area (Å²) in [5.41, 5.74) is 3.76. The lowest BCUT2D eigenvalue weighted by Gasteiger charge is -2.22. The van der Waals surface area contributed by atoms with E-state index in [1.807, 2.05) is 31.2 Å². The minimum absolute atomic E-state index is 0.0828. The Hall–Kier alpha value is -2.56. The van der Waals surface area contributed by atoms with E-state index in [9.17, 15) is 9.59 Å². The smallest absolute Gasteiger partial charge is 0.355 e. The minimum atomic E-state index is -0.360. The van der Waals surface area contributed by atoms with Crippen LogP contribution in [0.3, 0.4) is 0 Å². The molecule has 2 aromatic rings. The number of rotatable bonds is 9. The lowest BCUT2D eigenvalue weighted by molar-refractivity contribution is 0.0490. The predicted molar refractivity (Wildman–Crippen MR) is 113 cm³/mol. The molecule has 1 aromatic carbocycles. The van der Waals surface area contributed by atoms with Gasteiger partial charge in [0.1, 0.15) is 11.4 Å². The van der Waals surface area contributed by atoms with Gasteiger partial charge in [0.15, 0.2) is 5.78 Å². The highest BCUT2D eigenvalue weighted by Gasteiger charge is 2.32. The number of hydrogen-bond acceptors (Lipinski definition) is 4. The fourth-order valence-electron chi connectivity index (χ4n) is 4.09. The predicted octanol–water partition coefficient (Wildman–Crippen LogP) is 5.37. The molecule has 0 amide bonds. The number of methoxy groups -OCH3 is 1. The number of aromatic amines is 1. The Kier molecular flexibility index (Phi) is 7.13. The number of ketones is 1. The van der Waals surface area contributed by atoms with Gasteiger partial charge in [-0.15, -0.1) is 0 Å². The SMILES string of the molecule is CCCCCCCOC(=O)c1[nH]c2c(c1C)C(=O)C[C@H](c1ccc(OC)cc1)C2. The number of carbonyl (C=O) groups excluding carboxylic acids is 2. The Balaban J connectivity index is 1.67. The Labute approximate surface area is 172 Å². The monoisotopic (exact) mass is 397 g/mol. The first-order chi connectivity index (χ1) is 14.0. The molecule has 1 aliphatic carbocycles. The number of aromatic nitrogens is 1. The molecular weight excluding hydrogens is 366 g/mol. The van der Waals surface area contributed by atoms with E-state index in [-0.39, 0.29) is 17.7 Å². The fourth-order valence-corrected chi connectivity index (χ4v) is 4.09. The maximum absolute atomic E-state index is 12.8. The first kappa shape index (κ1) is 21.2. The lowest BCUT2D eigenvalue weighted by Crippen LogP contribution is -2.18. The Morgan fingerprint density at radius 1 is 1.10 bits per heavy atom. The van der Waals surface area contributed by atoms with Crippen molar-refractivity contribution in [2.75, 3.05) is 13.7 Å². The summed E-state index contributed by atoms with van der Waals surface area (Å²) < 4.78 is 10.7. The summed E-state index contributed by atoms with van der Waals surface area (Å²) in [5.74, 6) is 0.619. The molecule has 0 spiro atoms. The van der Waals surface area contributed by atoms with Gasteiger partial charge in [-0.2, -0.15) is 0 Å². The average Bonchev–Trinajstić information content (AvgIpc) is 3.07. The Morgan fingerprint density at radius 3 is 2.52 bits per heavy atom. The van der Waals surface area contributed by atoms with Crippen LogP contribution in [0.1, 0.15) is 89.0 Å². The first-order valence-electron chi connectivity index (χ1n) is 10.6. The summed E-state index contributed by atoms with van der Waals surface area (Å²) in [6, 6.07) is 7.84. The van der Waals surface area contributed by atoms with Crippen LogP contribution in [0.25, 0.3) is 0 Å². The maximum Gasteiger partial charge on any atom is 0.355 e. The molecule has 0 unspecified atom stereocenters. The molecule has 0 saturated heterocycles. The van der Waals surface area contributed by atoms with Crippen molar-refractivity contribution >= 4 is 11.8 Å². The van der Waals surface area contributed by atoms with Crippen LogP contribution in [-0.4, -0.2) is 30.5 Å². The second-order valence-corrected chi connectivity index (χ2v) is 7.83. The van der Waals surface area contributed by atoms with Crippen molar-refractivity contribution in [1.82, 2.24) is 4.98 Å². The van der Waals surface area contributed by atoms with E-state index >= 15 is 0 Å². The van der Waals surface area contributed by atoms with Crippen LogP contribution in [0.5, 0.6) is 5.75 Å². The van der Waals surface area contributed by atoms with Gasteiger partial charge in [-0.05, 0) is 48.9 Å². The van der Waals surface area contributed by atoms with E-state index in [2.05, 4.69) is 11.9 Å². The highest BCUT2D eigenvalue weighted by molar-refractivity contribution is 6.03. The second-order valence-electron chi connectivity index (χ2n) is 7.83. The minimum Gasteiger partial charge on any atom is -0.497 e. The molecular formula is C24H31NO4. The van der Waals surface area contributed by atoms with Crippen LogP contribution in [0, 0.1) is 6.92 Å². The molecule has 1 aliphatic rings. The summed E-state index contributed by atoms with van der Waals surface area (Å²) in [5, 5.41) is 0. The van der Waals surface area contributed by atoms with E-state index in [0.29, 0.717) is 36.3 Å². The zero-order chi connectivity index (χ0) is 20.8. The van der Waals surface area contributed by atoms with Gasteiger partial charge in [0, 0.05) is 17.7 Å². The van der Waals surface area contributed by atoms with Gasteiger partial charge in [0.2, 0.25) is 0 Å². The second kappa shape index (κ2) is 9.77. The van der Waals surface area contributed by atoms with Crippen molar-refractivity contribution in [1.29, 1.82) is 0 Å². The summed E-state index contributed by atoms with van der Waals surface area (Å²) in [7, 11) is 1.64. The van der Waals surface area contributed by atoms with Crippen LogP contribution in [0.4, 0.5) is 0 Å². The molecule has 0 radical (unpaired) electrons. The molecule has 0 fully saturated rings. The quantitative estimate of drug-likeness (QED) is 0.456. The molecule has 0 bridgehead atoms. The van der Waals surface area contributed by atoms with E-state index < -0.39 is 0 Å². The number of unbranched alkanes of at least 4 members (excludes halogenated alkanes) is 4. The fraction of sp³-hybridized carbons (Fsp3) is 0.500. The molecule has 156 valence electrons. The topological polar surface area (TPSA) is 68.4 Å². The van der Waals surface area contributed by atoms with Crippen LogP contribution in [0.15, 0.2) is 24.3 Å². The number of esters is 1. The Bertz CT molecular complexity index is 851. The normalized spacial score (nSPS) is 15.8. The maximum atomic E-state index is 12.8. The molecule has 0 aliphatic heterocycles. The van der Waals surface area contributed by atoms with Crippen molar-refractivity contribution < 1.29 is 19.1 Å². The van der Waals surface area contributed by atoms with E-state index in [1.54, 1.807) is 7.11 Å². The lowest BCUT2D eigenvalue weighted by atomic mass is 9.81. The van der Waals surface area contributed by atoms with E-state index in [4.69, 9.17) is 9.47 Å². The van der Waals surface area contributed by atoms with Gasteiger partial charge in [0.25, 0.3) is 0 Å². The molecule has 29 heavy (non-hydrogen) atoms. The number of H-pyrrole nitrogens is 1. The third-order valence-corrected chi connectivity index (χ3v) is 5.76. The van der Waals surface area contributed by atoms with Crippen LogP contribution < -0.4 is 4.74 Å². The molecule has 1 N–H and O–H groups in total. The molecule has 1 heterocycles. The first-order valence-corrected chi connectivity index (χ1v) is 10.6. The molecule has 1 aromatic heterocycles. The largest absolute Gasteiger partial charge is 0.497 e. The van der Waals surface area contributed by atoms with Gasteiger partial charge < -0.3 is 14.5 Å². The Morgan fingerprint density at radius 2 is 1.83 bits per heavy atom. The highest BCUT2D eigenvalue weighted by atomic mass is 16.5. The molecule has 3 rings (SSSR count). The van der Waals surface area contributed by atoms with Crippen molar-refractivity contribution in [3.63, 3.8) is 0 Å². The van der Waals surface area contributed by atoms with Gasteiger partial charge >= 0.3 is 5.97 Å². The van der Waals surface area contributed by atoms with Crippen LogP contribution in [-0.2, 0) is 11.2 Å². The zero-order valence-corrected chi connectivity index (χ0v) is 17.7. The average molecular weight is 398 g/mol. The number of ether oxygens (including phenoxy) is 2. The highest BCUT2D eigenvalue weighted by Crippen LogP contribution is 2.35. The number of fused-ring (bicyclic) bond motifs is 1. The third-order valence-electron chi connectivity index (χ3n) is 5.76. The molecule has 1 atom stereocenters. The number of Topliss-reactive ketones (excluding diaryl/α,β-unsaturated/α-hetero) is 1. The van der Waals surface area contributed by atoms with E-state index in [0.717, 1.165) is 29.8 Å². The molecule has 0 saturated carbocycles. The van der Waals surface area contributed by atoms with Crippen LogP contribution in [0.2, 0.25) is 0 Å². The van der Waals surface area contributed by atoms with E-state index in [1.165, 1.54) is 19.3 Å². The van der Waals surface area contributed by atoms with Gasteiger partial charge in [0.05, 0.1) is 13.7 Å². The van der Waals surface area contributed by atoms with Crippen molar-refractivity contribution in [2.45, 2.75) is 64.7 Å². The molecule has 5 heteroatoms. The zero-order valence-electron chi connectivity index (χ0n) is 17.7.